The number of hydrogen-bond donors (Lipinski definition) is 0. The van der Waals surface area contributed by atoms with Crippen LogP contribution in [0.25, 0.3) is 0 Å². The van der Waals surface area contributed by atoms with Gasteiger partial charge in [-0.3, -0.25) is 4.79 Å². The summed E-state index contributed by atoms with van der Waals surface area (Å²) in [7, 11) is 0. The van der Waals surface area contributed by atoms with E-state index in [1.807, 2.05) is 0 Å². The summed E-state index contributed by atoms with van der Waals surface area (Å²) >= 11 is 0. The maximum absolute atomic E-state index is 12.9. The zero-order valence-electron chi connectivity index (χ0n) is 10.7. The summed E-state index contributed by atoms with van der Waals surface area (Å²) < 4.78 is 62.0. The highest BCUT2D eigenvalue weighted by Gasteiger charge is 2.62. The third kappa shape index (κ3) is 3.11. The number of ketones is 1. The third-order valence-corrected chi connectivity index (χ3v) is 2.88. The Balaban J connectivity index is 3.08. The molecule has 0 fully saturated rings. The van der Waals surface area contributed by atoms with Gasteiger partial charge >= 0.3 is 12.1 Å². The van der Waals surface area contributed by atoms with Crippen LogP contribution in [0.15, 0.2) is 12.1 Å². The molecule has 106 valence electrons. The minimum absolute atomic E-state index is 0.222. The fourth-order valence-electron chi connectivity index (χ4n) is 1.92. The second-order valence-electron chi connectivity index (χ2n) is 4.55. The highest BCUT2D eigenvalue weighted by atomic mass is 19.4. The van der Waals surface area contributed by atoms with Crippen LogP contribution >= 0.6 is 0 Å². The first-order valence-corrected chi connectivity index (χ1v) is 5.51. The zero-order chi connectivity index (χ0) is 15.0. The maximum atomic E-state index is 12.9. The van der Waals surface area contributed by atoms with Crippen molar-refractivity contribution in [1.29, 1.82) is 0 Å². The van der Waals surface area contributed by atoms with E-state index in [2.05, 4.69) is 0 Å². The van der Waals surface area contributed by atoms with Gasteiger partial charge in [0.1, 0.15) is 0 Å². The number of carbonyl (C=O) groups is 1. The second kappa shape index (κ2) is 4.90. The molecular weight excluding hydrogens is 267 g/mol. The highest BCUT2D eigenvalue weighted by Crippen LogP contribution is 2.37. The topological polar surface area (TPSA) is 17.1 Å². The van der Waals surface area contributed by atoms with Crippen molar-refractivity contribution in [3.05, 3.63) is 34.4 Å². The monoisotopic (exact) mass is 280 g/mol. The summed E-state index contributed by atoms with van der Waals surface area (Å²) in [4.78, 5) is 11.2. The molecule has 0 aliphatic rings. The number of benzene rings is 1. The van der Waals surface area contributed by atoms with Crippen LogP contribution in [0, 0.1) is 20.8 Å². The molecule has 0 spiro atoms. The average molecular weight is 280 g/mol. The van der Waals surface area contributed by atoms with Crippen molar-refractivity contribution in [3.8, 4) is 0 Å². The van der Waals surface area contributed by atoms with Crippen LogP contribution < -0.4 is 0 Å². The number of hydrogen-bond acceptors (Lipinski definition) is 1. The molecule has 1 aromatic carbocycles. The van der Waals surface area contributed by atoms with Crippen molar-refractivity contribution in [2.45, 2.75) is 39.3 Å². The molecule has 0 amide bonds. The van der Waals surface area contributed by atoms with Gasteiger partial charge < -0.3 is 0 Å². The van der Waals surface area contributed by atoms with Gasteiger partial charge in [0.15, 0.2) is 0 Å². The van der Waals surface area contributed by atoms with E-state index in [1.165, 1.54) is 0 Å². The van der Waals surface area contributed by atoms with Crippen molar-refractivity contribution >= 4 is 5.78 Å². The molecule has 6 heteroatoms. The summed E-state index contributed by atoms with van der Waals surface area (Å²) in [5.74, 6) is -7.44. The molecular formula is C13H13F5O. The zero-order valence-corrected chi connectivity index (χ0v) is 10.7. The van der Waals surface area contributed by atoms with E-state index in [0.29, 0.717) is 11.1 Å². The first kappa shape index (κ1) is 15.6. The first-order valence-electron chi connectivity index (χ1n) is 5.51. The molecule has 0 aromatic heterocycles. The number of Topliss-reactive ketones (excluding diaryl/α,β-unsaturated/α-hetero) is 1. The number of rotatable bonds is 3. The quantitative estimate of drug-likeness (QED) is 0.767. The van der Waals surface area contributed by atoms with Crippen molar-refractivity contribution < 1.29 is 26.7 Å². The molecule has 1 nitrogen and oxygen atoms in total. The molecule has 0 saturated heterocycles. The molecule has 0 bridgehead atoms. The molecule has 19 heavy (non-hydrogen) atoms. The first-order chi connectivity index (χ1) is 8.46. The maximum Gasteiger partial charge on any atom is 0.461 e. The lowest BCUT2D eigenvalue weighted by Gasteiger charge is -2.19. The highest BCUT2D eigenvalue weighted by molar-refractivity contribution is 5.89. The van der Waals surface area contributed by atoms with Crippen LogP contribution in [-0.4, -0.2) is 17.9 Å². The lowest BCUT2D eigenvalue weighted by Crippen LogP contribution is -2.45. The number of halogens is 5. The summed E-state index contributed by atoms with van der Waals surface area (Å²) in [5, 5.41) is 0. The predicted molar refractivity (Wildman–Crippen MR) is 60.4 cm³/mol. The van der Waals surface area contributed by atoms with E-state index >= 15 is 0 Å². The van der Waals surface area contributed by atoms with Gasteiger partial charge in [0.05, 0.1) is 0 Å². The second-order valence-corrected chi connectivity index (χ2v) is 4.55. The van der Waals surface area contributed by atoms with E-state index in [-0.39, 0.29) is 5.56 Å². The molecule has 0 aliphatic heterocycles. The molecule has 0 atom stereocenters. The summed E-state index contributed by atoms with van der Waals surface area (Å²) in [5.41, 5.74) is 2.14. The van der Waals surface area contributed by atoms with E-state index in [9.17, 15) is 26.7 Å². The van der Waals surface area contributed by atoms with Crippen LogP contribution in [-0.2, 0) is 11.2 Å². The Morgan fingerprint density at radius 1 is 1.00 bits per heavy atom. The van der Waals surface area contributed by atoms with Gasteiger partial charge in [0.25, 0.3) is 0 Å². The molecule has 0 heterocycles. The van der Waals surface area contributed by atoms with Gasteiger partial charge in [-0.2, -0.15) is 22.0 Å². The van der Waals surface area contributed by atoms with Crippen LogP contribution in [0.3, 0.4) is 0 Å². The minimum atomic E-state index is -5.85. The molecule has 0 saturated carbocycles. The van der Waals surface area contributed by atoms with Crippen LogP contribution in [0.1, 0.15) is 22.3 Å². The number of alkyl halides is 5. The summed E-state index contributed by atoms with van der Waals surface area (Å²) in [6.45, 7) is 4.93. The van der Waals surface area contributed by atoms with Crippen molar-refractivity contribution in [2.24, 2.45) is 0 Å². The van der Waals surface area contributed by atoms with Crippen LogP contribution in [0.5, 0.6) is 0 Å². The summed E-state index contributed by atoms with van der Waals surface area (Å²) in [6.07, 6.45) is -6.78. The molecule has 1 rings (SSSR count). The van der Waals surface area contributed by atoms with Gasteiger partial charge in [-0.05, 0) is 37.5 Å². The fraction of sp³-hybridized carbons (Fsp3) is 0.462. The Labute approximate surface area is 107 Å². The third-order valence-electron chi connectivity index (χ3n) is 2.88. The Bertz CT molecular complexity index is 479. The lowest BCUT2D eigenvalue weighted by molar-refractivity contribution is -0.268. The molecule has 0 N–H and O–H groups in total. The van der Waals surface area contributed by atoms with Gasteiger partial charge in [-0.15, -0.1) is 0 Å². The smallest absolute Gasteiger partial charge is 0.292 e. The normalized spacial score (nSPS) is 12.6. The van der Waals surface area contributed by atoms with Crippen molar-refractivity contribution in [3.63, 3.8) is 0 Å². The minimum Gasteiger partial charge on any atom is -0.292 e. The molecule has 0 radical (unpaired) electrons. The number of carbonyl (C=O) groups excluding carboxylic acids is 1. The van der Waals surface area contributed by atoms with Gasteiger partial charge in [0.2, 0.25) is 5.78 Å². The van der Waals surface area contributed by atoms with Crippen molar-refractivity contribution in [1.82, 2.24) is 0 Å². The molecule has 0 aliphatic carbocycles. The largest absolute Gasteiger partial charge is 0.461 e. The average Bonchev–Trinajstić information content (AvgIpc) is 2.21. The van der Waals surface area contributed by atoms with E-state index in [4.69, 9.17) is 0 Å². The van der Waals surface area contributed by atoms with Gasteiger partial charge in [0, 0.05) is 6.42 Å². The molecule has 1 aromatic rings. The fourth-order valence-corrected chi connectivity index (χ4v) is 1.92. The van der Waals surface area contributed by atoms with Crippen LogP contribution in [0.2, 0.25) is 0 Å². The summed E-state index contributed by atoms with van der Waals surface area (Å²) in [6, 6.07) is 3.28. The Hall–Kier alpha value is -1.46. The van der Waals surface area contributed by atoms with E-state index < -0.39 is 24.3 Å². The standard InChI is InChI=1S/C13H13F5O/c1-7-4-8(2)10(9(3)5-7)6-11(19)12(14,15)13(16,17)18/h4-5H,6H2,1-3H3. The predicted octanol–water partition coefficient (Wildman–Crippen LogP) is 3.92. The Morgan fingerprint density at radius 2 is 1.42 bits per heavy atom. The van der Waals surface area contributed by atoms with Crippen molar-refractivity contribution in [2.75, 3.05) is 0 Å². The Morgan fingerprint density at radius 3 is 1.79 bits per heavy atom. The van der Waals surface area contributed by atoms with E-state index in [1.54, 1.807) is 32.9 Å². The van der Waals surface area contributed by atoms with E-state index in [0.717, 1.165) is 5.56 Å². The van der Waals surface area contributed by atoms with Gasteiger partial charge in [-0.25, -0.2) is 0 Å². The number of aryl methyl sites for hydroxylation is 3. The molecule has 0 unspecified atom stereocenters. The SMILES string of the molecule is Cc1cc(C)c(CC(=O)C(F)(F)C(F)(F)F)c(C)c1. The van der Waals surface area contributed by atoms with Gasteiger partial charge in [-0.1, -0.05) is 17.7 Å². The lowest BCUT2D eigenvalue weighted by atomic mass is 9.94. The Kier molecular flexibility index (Phi) is 4.03. The van der Waals surface area contributed by atoms with Crippen LogP contribution in [0.4, 0.5) is 22.0 Å².